The fraction of sp³-hybridized carbons (Fsp3) is 0.148. The molecule has 3 aromatic rings. The maximum atomic E-state index is 13.4. The van der Waals surface area contributed by atoms with Crippen molar-refractivity contribution in [2.45, 2.75) is 18.7 Å². The lowest BCUT2D eigenvalue weighted by atomic mass is 9.95. The summed E-state index contributed by atoms with van der Waals surface area (Å²) in [6.45, 7) is 3.80. The molecule has 35 heavy (non-hydrogen) atoms. The van der Waals surface area contributed by atoms with Gasteiger partial charge in [0, 0.05) is 24.4 Å². The van der Waals surface area contributed by atoms with Crippen molar-refractivity contribution in [3.63, 3.8) is 0 Å². The molecule has 0 saturated carbocycles. The predicted octanol–water partition coefficient (Wildman–Crippen LogP) is 4.52. The number of fused-ring (bicyclic) bond motifs is 1. The van der Waals surface area contributed by atoms with Crippen LogP contribution in [0.5, 0.6) is 0 Å². The molecule has 0 fully saturated rings. The predicted molar refractivity (Wildman–Crippen MR) is 136 cm³/mol. The molecule has 178 valence electrons. The lowest BCUT2D eigenvalue weighted by Crippen LogP contribution is -2.21. The molecule has 3 aromatic carbocycles. The molecule has 7 nitrogen and oxygen atoms in total. The first-order chi connectivity index (χ1) is 16.7. The van der Waals surface area contributed by atoms with Crippen molar-refractivity contribution in [2.24, 2.45) is 4.40 Å². The normalized spacial score (nSPS) is 14.8. The van der Waals surface area contributed by atoms with Crippen molar-refractivity contribution in [1.29, 1.82) is 0 Å². The summed E-state index contributed by atoms with van der Waals surface area (Å²) in [6, 6.07) is 20.2. The molecule has 0 radical (unpaired) electrons. The standard InChI is InChI=1S/C27H24N2O5S/c1-4-34-27(31)20-12-15-24-22(16-20)25(26(30)29(24)3)23(19-8-6-5-7-9-19)17-28-35(32,33)21-13-10-18(2)11-14-21/h5-17H,4H2,1-3H3/b25-23+,28-17-. The molecule has 4 rings (SSSR count). The highest BCUT2D eigenvalue weighted by molar-refractivity contribution is 7.90. The second kappa shape index (κ2) is 9.68. The van der Waals surface area contributed by atoms with Gasteiger partial charge < -0.3 is 9.64 Å². The van der Waals surface area contributed by atoms with E-state index in [0.717, 1.165) is 5.56 Å². The Hall–Kier alpha value is -4.04. The smallest absolute Gasteiger partial charge is 0.338 e. The number of allylic oxidation sites excluding steroid dienone is 1. The summed E-state index contributed by atoms with van der Waals surface area (Å²) in [5.41, 5.74) is 3.51. The topological polar surface area (TPSA) is 93.1 Å². The fourth-order valence-electron chi connectivity index (χ4n) is 3.82. The van der Waals surface area contributed by atoms with E-state index >= 15 is 0 Å². The molecule has 0 aliphatic carbocycles. The number of anilines is 1. The van der Waals surface area contributed by atoms with Crippen molar-refractivity contribution in [1.82, 2.24) is 0 Å². The Morgan fingerprint density at radius 1 is 1.00 bits per heavy atom. The molecule has 0 N–H and O–H groups in total. The van der Waals surface area contributed by atoms with Crippen LogP contribution in [0.3, 0.4) is 0 Å². The summed E-state index contributed by atoms with van der Waals surface area (Å²) in [6.07, 6.45) is 1.21. The van der Waals surface area contributed by atoms with Crippen LogP contribution in [-0.4, -0.2) is 40.2 Å². The maximum Gasteiger partial charge on any atom is 0.338 e. The maximum absolute atomic E-state index is 13.4. The van der Waals surface area contributed by atoms with Crippen LogP contribution in [0.25, 0.3) is 11.1 Å². The lowest BCUT2D eigenvalue weighted by molar-refractivity contribution is -0.112. The van der Waals surface area contributed by atoms with Crippen LogP contribution >= 0.6 is 0 Å². The number of hydrogen-bond acceptors (Lipinski definition) is 5. The average Bonchev–Trinajstić information content (AvgIpc) is 3.10. The molecule has 0 atom stereocenters. The van der Waals surface area contributed by atoms with Gasteiger partial charge in [-0.25, -0.2) is 4.79 Å². The number of benzene rings is 3. The number of sulfonamides is 1. The number of aryl methyl sites for hydroxylation is 1. The summed E-state index contributed by atoms with van der Waals surface area (Å²) in [4.78, 5) is 27.2. The van der Waals surface area contributed by atoms with Crippen molar-refractivity contribution >= 4 is 44.9 Å². The Bertz CT molecular complexity index is 1460. The van der Waals surface area contributed by atoms with Crippen molar-refractivity contribution in [3.05, 3.63) is 95.1 Å². The minimum absolute atomic E-state index is 0.0524. The van der Waals surface area contributed by atoms with Crippen molar-refractivity contribution < 1.29 is 22.7 Å². The van der Waals surface area contributed by atoms with Crippen LogP contribution < -0.4 is 4.90 Å². The highest BCUT2D eigenvalue weighted by Crippen LogP contribution is 2.40. The van der Waals surface area contributed by atoms with E-state index in [4.69, 9.17) is 4.74 Å². The van der Waals surface area contributed by atoms with Gasteiger partial charge in [0.15, 0.2) is 0 Å². The summed E-state index contributed by atoms with van der Waals surface area (Å²) < 4.78 is 34.9. The first-order valence-electron chi connectivity index (χ1n) is 11.0. The van der Waals surface area contributed by atoms with E-state index < -0.39 is 16.0 Å². The van der Waals surface area contributed by atoms with Gasteiger partial charge in [0.05, 0.1) is 28.3 Å². The average molecular weight is 489 g/mol. The lowest BCUT2D eigenvalue weighted by Gasteiger charge is -2.09. The fourth-order valence-corrected chi connectivity index (χ4v) is 4.66. The molecule has 0 unspecified atom stereocenters. The minimum Gasteiger partial charge on any atom is -0.462 e. The number of esters is 1. The molecule has 0 aromatic heterocycles. The SMILES string of the molecule is CCOC(=O)c1ccc2c(c1)/C(=C(/C=N\S(=O)(=O)c1ccc(C)cc1)c1ccccc1)C(=O)N2C. The van der Waals surface area contributed by atoms with Crippen LogP contribution in [0.1, 0.15) is 34.0 Å². The number of nitrogens with zero attached hydrogens (tertiary/aromatic N) is 2. The zero-order valence-electron chi connectivity index (χ0n) is 19.6. The Balaban J connectivity index is 1.91. The Morgan fingerprint density at radius 3 is 2.34 bits per heavy atom. The van der Waals surface area contributed by atoms with Gasteiger partial charge in [0.25, 0.3) is 15.9 Å². The van der Waals surface area contributed by atoms with Gasteiger partial charge in [-0.05, 0) is 49.7 Å². The highest BCUT2D eigenvalue weighted by atomic mass is 32.2. The summed E-state index contributed by atoms with van der Waals surface area (Å²) in [5, 5.41) is 0. The van der Waals surface area contributed by atoms with E-state index in [0.29, 0.717) is 28.0 Å². The van der Waals surface area contributed by atoms with Crippen molar-refractivity contribution in [2.75, 3.05) is 18.6 Å². The number of likely N-dealkylation sites (N-methyl/N-ethyl adjacent to an activating group) is 1. The Morgan fingerprint density at radius 2 is 1.69 bits per heavy atom. The van der Waals surface area contributed by atoms with Crippen LogP contribution in [0.4, 0.5) is 5.69 Å². The minimum atomic E-state index is -4.01. The third kappa shape index (κ3) is 4.79. The van der Waals surface area contributed by atoms with Gasteiger partial charge in [-0.2, -0.15) is 12.8 Å². The monoisotopic (exact) mass is 488 g/mol. The third-order valence-electron chi connectivity index (χ3n) is 5.65. The van der Waals surface area contributed by atoms with Gasteiger partial charge in [-0.15, -0.1) is 0 Å². The van der Waals surface area contributed by atoms with E-state index in [1.54, 1.807) is 68.6 Å². The van der Waals surface area contributed by atoms with Crippen LogP contribution in [0.2, 0.25) is 0 Å². The van der Waals surface area contributed by atoms with E-state index in [1.807, 2.05) is 13.0 Å². The molecular formula is C27H24N2O5S. The first-order valence-corrected chi connectivity index (χ1v) is 12.4. The van der Waals surface area contributed by atoms with E-state index in [2.05, 4.69) is 4.40 Å². The molecular weight excluding hydrogens is 464 g/mol. The molecule has 0 spiro atoms. The number of carbonyl (C=O) groups is 2. The van der Waals surface area contributed by atoms with Crippen molar-refractivity contribution in [3.8, 4) is 0 Å². The van der Waals surface area contributed by atoms with Gasteiger partial charge in [0.1, 0.15) is 0 Å². The molecule has 1 amide bonds. The van der Waals surface area contributed by atoms with Gasteiger partial charge in [-0.3, -0.25) is 4.79 Å². The molecule has 0 saturated heterocycles. The number of amides is 1. The number of carbonyl (C=O) groups excluding carboxylic acids is 2. The van der Waals surface area contributed by atoms with Gasteiger partial charge in [-0.1, -0.05) is 48.0 Å². The molecule has 1 aliphatic rings. The Labute approximate surface area is 204 Å². The number of ether oxygens (including phenoxy) is 1. The molecule has 1 aliphatic heterocycles. The summed E-state index contributed by atoms with van der Waals surface area (Å²) >= 11 is 0. The molecule has 8 heteroatoms. The second-order valence-corrected chi connectivity index (χ2v) is 9.63. The highest BCUT2D eigenvalue weighted by Gasteiger charge is 2.33. The third-order valence-corrected chi connectivity index (χ3v) is 6.90. The van der Waals surface area contributed by atoms with Gasteiger partial charge >= 0.3 is 5.97 Å². The largest absolute Gasteiger partial charge is 0.462 e. The Kier molecular flexibility index (Phi) is 6.66. The van der Waals surface area contributed by atoms with E-state index in [-0.39, 0.29) is 23.0 Å². The van der Waals surface area contributed by atoms with E-state index in [9.17, 15) is 18.0 Å². The quantitative estimate of drug-likeness (QED) is 0.289. The second-order valence-electron chi connectivity index (χ2n) is 7.99. The summed E-state index contributed by atoms with van der Waals surface area (Å²) in [7, 11) is -2.38. The van der Waals surface area contributed by atoms with Crippen LogP contribution in [-0.2, 0) is 19.6 Å². The molecule has 1 heterocycles. The van der Waals surface area contributed by atoms with Crippen LogP contribution in [0, 0.1) is 6.92 Å². The first kappa shape index (κ1) is 24.1. The number of rotatable bonds is 6. The van der Waals surface area contributed by atoms with Crippen LogP contribution in [0.15, 0.2) is 82.1 Å². The van der Waals surface area contributed by atoms with E-state index in [1.165, 1.54) is 23.2 Å². The summed E-state index contributed by atoms with van der Waals surface area (Å²) in [5.74, 6) is -0.840. The zero-order valence-corrected chi connectivity index (χ0v) is 20.4. The number of hydrogen-bond donors (Lipinski definition) is 0. The molecule has 0 bridgehead atoms. The zero-order chi connectivity index (χ0) is 25.2. The van der Waals surface area contributed by atoms with Gasteiger partial charge in [0.2, 0.25) is 0 Å².